The molecular weight excluding hydrogens is 416 g/mol. The minimum Gasteiger partial charge on any atom is -0.494 e. The summed E-state index contributed by atoms with van der Waals surface area (Å²) in [6.07, 6.45) is 4.85. The van der Waals surface area contributed by atoms with E-state index in [1.807, 2.05) is 6.92 Å². The SMILES string of the molecule is CCOc1ccc(NS(=O)(=O)c2ccc(O[C@@H](C)C(=O)NC3CCCCC3)cc2)cc1. The van der Waals surface area contributed by atoms with Gasteiger partial charge in [-0.15, -0.1) is 0 Å². The van der Waals surface area contributed by atoms with Crippen LogP contribution in [-0.2, 0) is 14.8 Å². The number of sulfonamides is 1. The molecule has 0 unspecified atom stereocenters. The number of rotatable bonds is 9. The van der Waals surface area contributed by atoms with Gasteiger partial charge in [-0.1, -0.05) is 19.3 Å². The van der Waals surface area contributed by atoms with Crippen molar-refractivity contribution in [3.63, 3.8) is 0 Å². The molecule has 1 amide bonds. The number of benzene rings is 2. The molecule has 3 rings (SSSR count). The number of hydrogen-bond acceptors (Lipinski definition) is 5. The molecule has 1 saturated carbocycles. The number of carbonyl (C=O) groups is 1. The molecule has 7 nitrogen and oxygen atoms in total. The van der Waals surface area contributed by atoms with Crippen molar-refractivity contribution in [1.29, 1.82) is 0 Å². The molecule has 0 saturated heterocycles. The smallest absolute Gasteiger partial charge is 0.261 e. The molecule has 2 aromatic rings. The lowest BCUT2D eigenvalue weighted by molar-refractivity contribution is -0.128. The van der Waals surface area contributed by atoms with Crippen LogP contribution in [0.1, 0.15) is 46.0 Å². The van der Waals surface area contributed by atoms with E-state index in [9.17, 15) is 13.2 Å². The van der Waals surface area contributed by atoms with Crippen LogP contribution in [0.15, 0.2) is 53.4 Å². The molecule has 0 aromatic heterocycles. The largest absolute Gasteiger partial charge is 0.494 e. The first-order chi connectivity index (χ1) is 14.9. The zero-order valence-corrected chi connectivity index (χ0v) is 18.8. The molecule has 1 atom stereocenters. The molecule has 0 heterocycles. The highest BCUT2D eigenvalue weighted by Gasteiger charge is 2.21. The third-order valence-corrected chi connectivity index (χ3v) is 6.58. The summed E-state index contributed by atoms with van der Waals surface area (Å²) in [5.41, 5.74) is 0.441. The van der Waals surface area contributed by atoms with Crippen molar-refractivity contribution in [1.82, 2.24) is 5.32 Å². The van der Waals surface area contributed by atoms with Gasteiger partial charge in [0, 0.05) is 11.7 Å². The molecule has 0 aliphatic heterocycles. The number of carbonyl (C=O) groups excluding carboxylic acids is 1. The Labute approximate surface area is 184 Å². The van der Waals surface area contributed by atoms with Crippen molar-refractivity contribution in [2.24, 2.45) is 0 Å². The second kappa shape index (κ2) is 10.5. The predicted molar refractivity (Wildman–Crippen MR) is 120 cm³/mol. The average molecular weight is 447 g/mol. The van der Waals surface area contributed by atoms with Gasteiger partial charge in [0.05, 0.1) is 11.5 Å². The molecule has 8 heteroatoms. The topological polar surface area (TPSA) is 93.7 Å². The fourth-order valence-corrected chi connectivity index (χ4v) is 4.58. The van der Waals surface area contributed by atoms with Gasteiger partial charge < -0.3 is 14.8 Å². The van der Waals surface area contributed by atoms with Crippen molar-refractivity contribution < 1.29 is 22.7 Å². The van der Waals surface area contributed by atoms with Gasteiger partial charge in [-0.25, -0.2) is 8.42 Å². The summed E-state index contributed by atoms with van der Waals surface area (Å²) >= 11 is 0. The summed E-state index contributed by atoms with van der Waals surface area (Å²) in [7, 11) is -3.74. The van der Waals surface area contributed by atoms with Crippen molar-refractivity contribution in [2.75, 3.05) is 11.3 Å². The average Bonchev–Trinajstić information content (AvgIpc) is 2.76. The molecule has 2 aromatic carbocycles. The van der Waals surface area contributed by atoms with E-state index in [0.29, 0.717) is 23.8 Å². The van der Waals surface area contributed by atoms with E-state index in [1.165, 1.54) is 18.6 Å². The fourth-order valence-electron chi connectivity index (χ4n) is 3.52. The van der Waals surface area contributed by atoms with Gasteiger partial charge in [-0.3, -0.25) is 9.52 Å². The Morgan fingerprint density at radius 2 is 1.61 bits per heavy atom. The first-order valence-corrected chi connectivity index (χ1v) is 12.2. The van der Waals surface area contributed by atoms with Crippen LogP contribution in [0, 0.1) is 0 Å². The predicted octanol–water partition coefficient (Wildman–Crippen LogP) is 4.10. The molecule has 1 aliphatic carbocycles. The quantitative estimate of drug-likeness (QED) is 0.605. The first-order valence-electron chi connectivity index (χ1n) is 10.7. The summed E-state index contributed by atoms with van der Waals surface area (Å²) < 4.78 is 38.9. The Kier molecular flexibility index (Phi) is 7.79. The minimum atomic E-state index is -3.74. The Bertz CT molecular complexity index is 952. The molecule has 0 radical (unpaired) electrons. The number of anilines is 1. The van der Waals surface area contributed by atoms with Gasteiger partial charge in [0.2, 0.25) is 0 Å². The molecule has 0 spiro atoms. The van der Waals surface area contributed by atoms with E-state index in [1.54, 1.807) is 43.3 Å². The third-order valence-electron chi connectivity index (χ3n) is 5.19. The van der Waals surface area contributed by atoms with Crippen LogP contribution in [0.5, 0.6) is 11.5 Å². The van der Waals surface area contributed by atoms with Gasteiger partial charge in [0.15, 0.2) is 6.10 Å². The third kappa shape index (κ3) is 6.62. The normalized spacial score (nSPS) is 15.7. The van der Waals surface area contributed by atoms with Crippen LogP contribution in [0.3, 0.4) is 0 Å². The summed E-state index contributed by atoms with van der Waals surface area (Å²) in [6.45, 7) is 4.12. The van der Waals surface area contributed by atoms with Crippen LogP contribution < -0.4 is 19.5 Å². The second-order valence-corrected chi connectivity index (χ2v) is 9.32. The zero-order chi connectivity index (χ0) is 22.3. The van der Waals surface area contributed by atoms with E-state index in [0.717, 1.165) is 25.7 Å². The van der Waals surface area contributed by atoms with Crippen LogP contribution >= 0.6 is 0 Å². The van der Waals surface area contributed by atoms with Gasteiger partial charge in [0.25, 0.3) is 15.9 Å². The molecular formula is C23H30N2O5S. The zero-order valence-electron chi connectivity index (χ0n) is 18.0. The Hall–Kier alpha value is -2.74. The molecule has 1 fully saturated rings. The highest BCUT2D eigenvalue weighted by atomic mass is 32.2. The van der Waals surface area contributed by atoms with Gasteiger partial charge >= 0.3 is 0 Å². The van der Waals surface area contributed by atoms with Crippen LogP contribution in [0.4, 0.5) is 5.69 Å². The highest BCUT2D eigenvalue weighted by Crippen LogP contribution is 2.22. The molecule has 0 bridgehead atoms. The Morgan fingerprint density at radius 3 is 2.23 bits per heavy atom. The molecule has 1 aliphatic rings. The van der Waals surface area contributed by atoms with Gasteiger partial charge in [-0.05, 0) is 75.2 Å². The van der Waals surface area contributed by atoms with Crippen LogP contribution in [0.25, 0.3) is 0 Å². The summed E-state index contributed by atoms with van der Waals surface area (Å²) in [5, 5.41) is 3.03. The Morgan fingerprint density at radius 1 is 1.00 bits per heavy atom. The van der Waals surface area contributed by atoms with Gasteiger partial charge in [-0.2, -0.15) is 0 Å². The minimum absolute atomic E-state index is 0.105. The maximum atomic E-state index is 12.6. The van der Waals surface area contributed by atoms with E-state index >= 15 is 0 Å². The van der Waals surface area contributed by atoms with Crippen LogP contribution in [-0.4, -0.2) is 33.1 Å². The monoisotopic (exact) mass is 446 g/mol. The number of hydrogen-bond donors (Lipinski definition) is 2. The van der Waals surface area contributed by atoms with E-state index in [2.05, 4.69) is 10.0 Å². The summed E-state index contributed by atoms with van der Waals surface area (Å²) in [5.74, 6) is 0.959. The lowest BCUT2D eigenvalue weighted by Crippen LogP contribution is -2.43. The summed E-state index contributed by atoms with van der Waals surface area (Å²) in [6, 6.07) is 12.9. The number of amides is 1. The van der Waals surface area contributed by atoms with E-state index < -0.39 is 16.1 Å². The van der Waals surface area contributed by atoms with Crippen LogP contribution in [0.2, 0.25) is 0 Å². The van der Waals surface area contributed by atoms with E-state index in [4.69, 9.17) is 9.47 Å². The van der Waals surface area contributed by atoms with Crippen molar-refractivity contribution in [3.8, 4) is 11.5 Å². The fraction of sp³-hybridized carbons (Fsp3) is 0.435. The second-order valence-electron chi connectivity index (χ2n) is 7.64. The summed E-state index contributed by atoms with van der Waals surface area (Å²) in [4.78, 5) is 12.5. The van der Waals surface area contributed by atoms with Gasteiger partial charge in [0.1, 0.15) is 11.5 Å². The Balaban J connectivity index is 1.57. The molecule has 168 valence electrons. The van der Waals surface area contributed by atoms with E-state index in [-0.39, 0.29) is 16.8 Å². The lowest BCUT2D eigenvalue weighted by Gasteiger charge is -2.24. The molecule has 31 heavy (non-hydrogen) atoms. The van der Waals surface area contributed by atoms with Crippen molar-refractivity contribution in [3.05, 3.63) is 48.5 Å². The number of nitrogens with one attached hydrogen (secondary N) is 2. The number of ether oxygens (including phenoxy) is 2. The maximum absolute atomic E-state index is 12.6. The maximum Gasteiger partial charge on any atom is 0.261 e. The van der Waals surface area contributed by atoms with Crippen molar-refractivity contribution in [2.45, 2.75) is 63.0 Å². The highest BCUT2D eigenvalue weighted by molar-refractivity contribution is 7.92. The first kappa shape index (κ1) is 22.9. The molecule has 2 N–H and O–H groups in total. The standard InChI is InChI=1S/C23H30N2O5S/c1-3-29-20-11-9-19(10-12-20)25-31(27,28)22-15-13-21(14-16-22)30-17(2)23(26)24-18-7-5-4-6-8-18/h9-18,25H,3-8H2,1-2H3,(H,24,26)/t17-/m0/s1. The van der Waals surface area contributed by atoms with Crippen molar-refractivity contribution >= 4 is 21.6 Å². The lowest BCUT2D eigenvalue weighted by atomic mass is 9.95.